The van der Waals surface area contributed by atoms with Crippen LogP contribution in [-0.2, 0) is 11.3 Å². The third-order valence-electron chi connectivity index (χ3n) is 4.52. The zero-order valence-electron chi connectivity index (χ0n) is 12.8. The van der Waals surface area contributed by atoms with Gasteiger partial charge in [0, 0.05) is 18.7 Å². The van der Waals surface area contributed by atoms with Crippen molar-refractivity contribution in [3.8, 4) is 0 Å². The average molecular weight is 265 g/mol. The Morgan fingerprint density at radius 3 is 2.63 bits per heavy atom. The maximum Gasteiger partial charge on any atom is 0.0601 e. The molecule has 19 heavy (non-hydrogen) atoms. The number of hydrogen-bond acceptors (Lipinski definition) is 3. The average Bonchev–Trinajstić information content (AvgIpc) is 2.91. The van der Waals surface area contributed by atoms with E-state index in [1.807, 2.05) is 13.2 Å². The fraction of sp³-hybridized carbons (Fsp3) is 0.800. The highest BCUT2D eigenvalue weighted by Crippen LogP contribution is 2.40. The Balaban J connectivity index is 2.26. The van der Waals surface area contributed by atoms with E-state index in [9.17, 15) is 0 Å². The van der Waals surface area contributed by atoms with Crippen molar-refractivity contribution < 1.29 is 4.74 Å². The number of nitrogens with one attached hydrogen (secondary N) is 1. The van der Waals surface area contributed by atoms with Gasteiger partial charge in [0.2, 0.25) is 0 Å². The Hall–Kier alpha value is -0.870. The van der Waals surface area contributed by atoms with Crippen molar-refractivity contribution >= 4 is 0 Å². The minimum absolute atomic E-state index is 0.285. The summed E-state index contributed by atoms with van der Waals surface area (Å²) in [5.74, 6) is 1.05. The van der Waals surface area contributed by atoms with Crippen LogP contribution in [-0.4, -0.2) is 29.0 Å². The maximum absolute atomic E-state index is 6.00. The third-order valence-corrected chi connectivity index (χ3v) is 4.52. The standard InChI is InChI=1S/C15H27N3O/c1-6-9-18-13(7-8-17-18)15(16-5)14-10(2)11(3)19-12(14)4/h7-8,10-12,14-16H,6,9H2,1-5H3. The Bertz CT molecular complexity index is 404. The molecule has 108 valence electrons. The SMILES string of the molecule is CCCn1nccc1C(NC)C1C(C)OC(C)C1C. The largest absolute Gasteiger partial charge is 0.375 e. The molecule has 1 aromatic heterocycles. The van der Waals surface area contributed by atoms with Crippen LogP contribution in [0.2, 0.25) is 0 Å². The summed E-state index contributed by atoms with van der Waals surface area (Å²) >= 11 is 0. The van der Waals surface area contributed by atoms with Gasteiger partial charge in [0.15, 0.2) is 0 Å². The number of nitrogens with zero attached hydrogens (tertiary/aromatic N) is 2. The van der Waals surface area contributed by atoms with Crippen molar-refractivity contribution in [1.29, 1.82) is 0 Å². The molecule has 0 aromatic carbocycles. The summed E-state index contributed by atoms with van der Waals surface area (Å²) < 4.78 is 8.13. The van der Waals surface area contributed by atoms with Crippen LogP contribution in [0.15, 0.2) is 12.3 Å². The summed E-state index contributed by atoms with van der Waals surface area (Å²) in [6.45, 7) is 9.83. The van der Waals surface area contributed by atoms with Gasteiger partial charge in [0.1, 0.15) is 0 Å². The highest BCUT2D eigenvalue weighted by molar-refractivity contribution is 5.11. The first-order valence-electron chi connectivity index (χ1n) is 7.44. The number of rotatable bonds is 5. The highest BCUT2D eigenvalue weighted by Gasteiger charge is 2.42. The Labute approximate surface area is 116 Å². The minimum atomic E-state index is 0.285. The number of aryl methyl sites for hydroxylation is 1. The molecule has 2 rings (SSSR count). The van der Waals surface area contributed by atoms with E-state index in [0.717, 1.165) is 13.0 Å². The zero-order valence-corrected chi connectivity index (χ0v) is 12.8. The molecule has 1 N–H and O–H groups in total. The van der Waals surface area contributed by atoms with E-state index in [1.165, 1.54) is 5.69 Å². The normalized spacial score (nSPS) is 32.7. The van der Waals surface area contributed by atoms with Crippen molar-refractivity contribution in [3.05, 3.63) is 18.0 Å². The quantitative estimate of drug-likeness (QED) is 0.889. The second-order valence-corrected chi connectivity index (χ2v) is 5.73. The molecule has 1 aliphatic rings. The molecule has 0 saturated carbocycles. The summed E-state index contributed by atoms with van der Waals surface area (Å²) in [6, 6.07) is 2.45. The predicted octanol–water partition coefficient (Wildman–Crippen LogP) is 2.61. The van der Waals surface area contributed by atoms with E-state index in [0.29, 0.717) is 24.0 Å². The second-order valence-electron chi connectivity index (χ2n) is 5.73. The molecule has 5 unspecified atom stereocenters. The van der Waals surface area contributed by atoms with Crippen LogP contribution in [0.1, 0.15) is 45.9 Å². The summed E-state index contributed by atoms with van der Waals surface area (Å²) in [6.07, 6.45) is 3.63. The van der Waals surface area contributed by atoms with Gasteiger partial charge in [-0.2, -0.15) is 5.10 Å². The molecular weight excluding hydrogens is 238 g/mol. The van der Waals surface area contributed by atoms with Gasteiger partial charge in [-0.1, -0.05) is 13.8 Å². The lowest BCUT2D eigenvalue weighted by Gasteiger charge is -2.29. The Morgan fingerprint density at radius 2 is 2.11 bits per heavy atom. The third kappa shape index (κ3) is 2.70. The van der Waals surface area contributed by atoms with E-state index >= 15 is 0 Å². The van der Waals surface area contributed by atoms with Gasteiger partial charge in [0.05, 0.1) is 23.9 Å². The first kappa shape index (κ1) is 14.5. The van der Waals surface area contributed by atoms with E-state index in [-0.39, 0.29) is 6.10 Å². The molecule has 1 fully saturated rings. The lowest BCUT2D eigenvalue weighted by molar-refractivity contribution is 0.0474. The van der Waals surface area contributed by atoms with Crippen LogP contribution in [0, 0.1) is 11.8 Å². The number of aromatic nitrogens is 2. The molecule has 0 amide bonds. The molecule has 1 saturated heterocycles. The molecule has 5 atom stereocenters. The first-order chi connectivity index (χ1) is 9.10. The molecule has 1 aromatic rings. The molecule has 0 aliphatic carbocycles. The first-order valence-corrected chi connectivity index (χ1v) is 7.44. The zero-order chi connectivity index (χ0) is 14.0. The van der Waals surface area contributed by atoms with Gasteiger partial charge in [-0.15, -0.1) is 0 Å². The molecular formula is C15H27N3O. The summed E-state index contributed by atoms with van der Waals surface area (Å²) in [5, 5.41) is 7.94. The molecule has 4 heteroatoms. The number of hydrogen-bond donors (Lipinski definition) is 1. The van der Waals surface area contributed by atoms with Gasteiger partial charge in [-0.25, -0.2) is 0 Å². The van der Waals surface area contributed by atoms with E-state index < -0.39 is 0 Å². The highest BCUT2D eigenvalue weighted by atomic mass is 16.5. The summed E-state index contributed by atoms with van der Waals surface area (Å²) in [4.78, 5) is 0. The lowest BCUT2D eigenvalue weighted by Crippen LogP contribution is -2.34. The van der Waals surface area contributed by atoms with Crippen molar-refractivity contribution in [1.82, 2.24) is 15.1 Å². The van der Waals surface area contributed by atoms with Crippen LogP contribution < -0.4 is 5.32 Å². The van der Waals surface area contributed by atoms with Gasteiger partial charge >= 0.3 is 0 Å². The van der Waals surface area contributed by atoms with E-state index in [2.05, 4.69) is 48.9 Å². The fourth-order valence-corrected chi connectivity index (χ4v) is 3.41. The maximum atomic E-state index is 6.00. The second kappa shape index (κ2) is 6.06. The van der Waals surface area contributed by atoms with Crippen molar-refractivity contribution in [2.45, 2.75) is 58.9 Å². The van der Waals surface area contributed by atoms with E-state index in [1.54, 1.807) is 0 Å². The molecule has 0 spiro atoms. The van der Waals surface area contributed by atoms with Crippen LogP contribution in [0.3, 0.4) is 0 Å². The lowest BCUT2D eigenvalue weighted by atomic mass is 9.82. The van der Waals surface area contributed by atoms with Crippen molar-refractivity contribution in [2.24, 2.45) is 11.8 Å². The van der Waals surface area contributed by atoms with Crippen LogP contribution in [0.4, 0.5) is 0 Å². The van der Waals surface area contributed by atoms with Crippen molar-refractivity contribution in [2.75, 3.05) is 7.05 Å². The van der Waals surface area contributed by atoms with Crippen molar-refractivity contribution in [3.63, 3.8) is 0 Å². The van der Waals surface area contributed by atoms with Gasteiger partial charge in [-0.05, 0) is 39.3 Å². The monoisotopic (exact) mass is 265 g/mol. The predicted molar refractivity (Wildman–Crippen MR) is 77.0 cm³/mol. The number of ether oxygens (including phenoxy) is 1. The van der Waals surface area contributed by atoms with E-state index in [4.69, 9.17) is 4.74 Å². The summed E-state index contributed by atoms with van der Waals surface area (Å²) in [7, 11) is 2.04. The Kier molecular flexibility index (Phi) is 4.63. The topological polar surface area (TPSA) is 39.1 Å². The molecule has 4 nitrogen and oxygen atoms in total. The molecule has 2 heterocycles. The van der Waals surface area contributed by atoms with Crippen LogP contribution in [0.5, 0.6) is 0 Å². The Morgan fingerprint density at radius 1 is 1.37 bits per heavy atom. The van der Waals surface area contributed by atoms with Gasteiger partial charge < -0.3 is 10.1 Å². The smallest absolute Gasteiger partial charge is 0.0601 e. The van der Waals surface area contributed by atoms with Crippen LogP contribution in [0.25, 0.3) is 0 Å². The molecule has 1 aliphatic heterocycles. The summed E-state index contributed by atoms with van der Waals surface area (Å²) in [5.41, 5.74) is 1.28. The van der Waals surface area contributed by atoms with Gasteiger partial charge in [-0.3, -0.25) is 4.68 Å². The fourth-order valence-electron chi connectivity index (χ4n) is 3.41. The molecule has 0 bridgehead atoms. The van der Waals surface area contributed by atoms with Crippen LogP contribution >= 0.6 is 0 Å². The molecule has 0 radical (unpaired) electrons. The van der Waals surface area contributed by atoms with Gasteiger partial charge in [0.25, 0.3) is 0 Å². The minimum Gasteiger partial charge on any atom is -0.375 e.